The van der Waals surface area contributed by atoms with Crippen LogP contribution in [0.4, 0.5) is 0 Å². The molecule has 1 N–H and O–H groups in total. The summed E-state index contributed by atoms with van der Waals surface area (Å²) >= 11 is 0. The molecule has 1 saturated carbocycles. The van der Waals surface area contributed by atoms with Crippen molar-refractivity contribution in [1.82, 2.24) is 14.6 Å². The number of aliphatic carboxylic acids is 1. The number of aryl methyl sites for hydroxylation is 1. The number of carbonyl (C=O) groups is 1. The van der Waals surface area contributed by atoms with Crippen LogP contribution in [0.5, 0.6) is 0 Å². The van der Waals surface area contributed by atoms with Gasteiger partial charge in [-0.25, -0.2) is 9.50 Å². The average Bonchev–Trinajstić information content (AvgIpc) is 2.94. The van der Waals surface area contributed by atoms with E-state index < -0.39 is 11.4 Å². The lowest BCUT2D eigenvalue weighted by molar-refractivity contribution is -0.140. The molecule has 0 aromatic carbocycles. The van der Waals surface area contributed by atoms with Crippen LogP contribution in [0, 0.1) is 6.92 Å². The molecule has 2 heterocycles. The van der Waals surface area contributed by atoms with Gasteiger partial charge in [-0.3, -0.25) is 4.79 Å². The first kappa shape index (κ1) is 9.33. The van der Waals surface area contributed by atoms with Gasteiger partial charge in [0.2, 0.25) is 0 Å². The van der Waals surface area contributed by atoms with Crippen molar-refractivity contribution in [3.63, 3.8) is 0 Å². The maximum Gasteiger partial charge on any atom is 0.317 e. The summed E-state index contributed by atoms with van der Waals surface area (Å²) in [5, 5.41) is 13.4. The van der Waals surface area contributed by atoms with Crippen molar-refractivity contribution in [3.05, 3.63) is 29.7 Å². The molecule has 3 rings (SSSR count). The molecule has 1 aliphatic rings. The fourth-order valence-electron chi connectivity index (χ4n) is 1.84. The summed E-state index contributed by atoms with van der Waals surface area (Å²) in [5.41, 5.74) is 0.981. The van der Waals surface area contributed by atoms with Gasteiger partial charge in [-0.15, -0.1) is 0 Å². The quantitative estimate of drug-likeness (QED) is 0.819. The van der Waals surface area contributed by atoms with Gasteiger partial charge in [0.05, 0.1) is 0 Å². The Bertz CT molecular complexity index is 584. The summed E-state index contributed by atoms with van der Waals surface area (Å²) < 4.78 is 1.63. The Morgan fingerprint density at radius 2 is 2.31 bits per heavy atom. The summed E-state index contributed by atoms with van der Waals surface area (Å²) in [7, 11) is 0. The van der Waals surface area contributed by atoms with E-state index in [0.29, 0.717) is 24.3 Å². The minimum absolute atomic E-state index is 0.436. The van der Waals surface area contributed by atoms with E-state index in [9.17, 15) is 4.79 Å². The SMILES string of the molecule is Cc1ccn2nc(C3(C(=O)O)CC3)nc2c1. The number of hydrogen-bond donors (Lipinski definition) is 1. The average molecular weight is 217 g/mol. The fraction of sp³-hybridized carbons (Fsp3) is 0.364. The number of hydrogen-bond acceptors (Lipinski definition) is 3. The van der Waals surface area contributed by atoms with E-state index in [2.05, 4.69) is 10.1 Å². The molecule has 1 fully saturated rings. The zero-order valence-electron chi connectivity index (χ0n) is 8.84. The van der Waals surface area contributed by atoms with Gasteiger partial charge in [0.15, 0.2) is 11.5 Å². The molecule has 0 amide bonds. The summed E-state index contributed by atoms with van der Waals surface area (Å²) in [6, 6.07) is 3.82. The third-order valence-corrected chi connectivity index (χ3v) is 3.08. The van der Waals surface area contributed by atoms with E-state index in [1.165, 1.54) is 0 Å². The number of nitrogens with zero attached hydrogens (tertiary/aromatic N) is 3. The highest BCUT2D eigenvalue weighted by Gasteiger charge is 2.55. The van der Waals surface area contributed by atoms with Crippen molar-refractivity contribution in [2.24, 2.45) is 0 Å². The smallest absolute Gasteiger partial charge is 0.317 e. The minimum atomic E-state index is -0.820. The summed E-state index contributed by atoms with van der Waals surface area (Å²) in [6.07, 6.45) is 3.08. The van der Waals surface area contributed by atoms with Gasteiger partial charge in [0.1, 0.15) is 5.41 Å². The second kappa shape index (κ2) is 2.81. The number of carboxylic acid groups (broad SMARTS) is 1. The largest absolute Gasteiger partial charge is 0.480 e. The highest BCUT2D eigenvalue weighted by atomic mass is 16.4. The maximum absolute atomic E-state index is 11.1. The van der Waals surface area contributed by atoms with Crippen LogP contribution in [0.1, 0.15) is 24.2 Å². The zero-order valence-corrected chi connectivity index (χ0v) is 8.84. The second-order valence-electron chi connectivity index (χ2n) is 4.33. The standard InChI is InChI=1S/C11H11N3O2/c1-7-2-5-14-8(6-7)12-9(13-14)11(3-4-11)10(15)16/h2,5-6H,3-4H2,1H3,(H,15,16). The molecule has 2 aromatic heterocycles. The van der Waals surface area contributed by atoms with Gasteiger partial charge in [-0.1, -0.05) is 0 Å². The predicted molar refractivity (Wildman–Crippen MR) is 56.3 cm³/mol. The molecule has 0 saturated heterocycles. The van der Waals surface area contributed by atoms with Crippen LogP contribution in [0.15, 0.2) is 18.3 Å². The molecule has 0 radical (unpaired) electrons. The summed E-state index contributed by atoms with van der Waals surface area (Å²) in [5.74, 6) is -0.384. The molecule has 2 aromatic rings. The van der Waals surface area contributed by atoms with E-state index in [1.807, 2.05) is 19.1 Å². The van der Waals surface area contributed by atoms with Gasteiger partial charge < -0.3 is 5.11 Å². The van der Waals surface area contributed by atoms with Crippen LogP contribution >= 0.6 is 0 Å². The monoisotopic (exact) mass is 217 g/mol. The van der Waals surface area contributed by atoms with Crippen molar-refractivity contribution < 1.29 is 9.90 Å². The van der Waals surface area contributed by atoms with Crippen LogP contribution in [0.3, 0.4) is 0 Å². The maximum atomic E-state index is 11.1. The Morgan fingerprint density at radius 3 is 2.94 bits per heavy atom. The van der Waals surface area contributed by atoms with Gasteiger partial charge in [-0.05, 0) is 37.5 Å². The lowest BCUT2D eigenvalue weighted by Gasteiger charge is -2.01. The number of rotatable bonds is 2. The molecule has 1 aliphatic carbocycles. The first-order valence-electron chi connectivity index (χ1n) is 5.19. The first-order chi connectivity index (χ1) is 7.62. The second-order valence-corrected chi connectivity index (χ2v) is 4.33. The van der Waals surface area contributed by atoms with Gasteiger partial charge in [0, 0.05) is 6.20 Å². The Labute approximate surface area is 91.7 Å². The molecule has 0 spiro atoms. The minimum Gasteiger partial charge on any atom is -0.480 e. The Morgan fingerprint density at radius 1 is 1.56 bits per heavy atom. The molecular weight excluding hydrogens is 206 g/mol. The normalized spacial score (nSPS) is 17.6. The van der Waals surface area contributed by atoms with E-state index in [1.54, 1.807) is 10.7 Å². The molecule has 82 valence electrons. The van der Waals surface area contributed by atoms with Crippen LogP contribution in [-0.4, -0.2) is 25.7 Å². The molecule has 0 aliphatic heterocycles. The van der Waals surface area contributed by atoms with Crippen molar-refractivity contribution in [2.45, 2.75) is 25.2 Å². The zero-order chi connectivity index (χ0) is 11.3. The van der Waals surface area contributed by atoms with Crippen molar-refractivity contribution in [3.8, 4) is 0 Å². The highest BCUT2D eigenvalue weighted by molar-refractivity contribution is 5.83. The van der Waals surface area contributed by atoms with Crippen LogP contribution < -0.4 is 0 Å². The predicted octanol–water partition coefficient (Wildman–Crippen LogP) is 1.15. The van der Waals surface area contributed by atoms with E-state index in [4.69, 9.17) is 5.11 Å². The molecule has 5 heteroatoms. The van der Waals surface area contributed by atoms with E-state index in [-0.39, 0.29) is 0 Å². The van der Waals surface area contributed by atoms with E-state index >= 15 is 0 Å². The van der Waals surface area contributed by atoms with Crippen LogP contribution in [-0.2, 0) is 10.2 Å². The highest BCUT2D eigenvalue weighted by Crippen LogP contribution is 2.46. The van der Waals surface area contributed by atoms with Crippen LogP contribution in [0.25, 0.3) is 5.65 Å². The topological polar surface area (TPSA) is 67.5 Å². The van der Waals surface area contributed by atoms with Gasteiger partial charge in [-0.2, -0.15) is 5.10 Å². The van der Waals surface area contributed by atoms with Crippen molar-refractivity contribution in [2.75, 3.05) is 0 Å². The molecule has 0 atom stereocenters. The molecule has 5 nitrogen and oxygen atoms in total. The van der Waals surface area contributed by atoms with Gasteiger partial charge in [0.25, 0.3) is 0 Å². The van der Waals surface area contributed by atoms with Gasteiger partial charge >= 0.3 is 5.97 Å². The summed E-state index contributed by atoms with van der Waals surface area (Å²) in [4.78, 5) is 15.4. The van der Waals surface area contributed by atoms with Crippen molar-refractivity contribution in [1.29, 1.82) is 0 Å². The lowest BCUT2D eigenvalue weighted by Crippen LogP contribution is -2.21. The number of carboxylic acids is 1. The lowest BCUT2D eigenvalue weighted by atomic mass is 10.1. The molecule has 0 unspecified atom stereocenters. The molecular formula is C11H11N3O2. The van der Waals surface area contributed by atoms with E-state index in [0.717, 1.165) is 5.56 Å². The van der Waals surface area contributed by atoms with Crippen molar-refractivity contribution >= 4 is 11.6 Å². The Hall–Kier alpha value is -1.91. The number of aromatic nitrogens is 3. The Kier molecular flexibility index (Phi) is 1.64. The Balaban J connectivity index is 2.16. The third kappa shape index (κ3) is 1.14. The molecule has 0 bridgehead atoms. The van der Waals surface area contributed by atoms with Crippen LogP contribution in [0.2, 0.25) is 0 Å². The first-order valence-corrected chi connectivity index (χ1v) is 5.19. The number of fused-ring (bicyclic) bond motifs is 1. The third-order valence-electron chi connectivity index (χ3n) is 3.08. The molecule has 16 heavy (non-hydrogen) atoms. The fourth-order valence-corrected chi connectivity index (χ4v) is 1.84. The number of pyridine rings is 1. The summed E-state index contributed by atoms with van der Waals surface area (Å²) in [6.45, 7) is 1.97.